The zero-order chi connectivity index (χ0) is 13.9. The topological polar surface area (TPSA) is 74.7 Å². The minimum absolute atomic E-state index is 0.00475. The molecular weight excluding hydrogens is 242 g/mol. The number of aliphatic carboxylic acids is 1. The third kappa shape index (κ3) is 6.02. The maximum absolute atomic E-state index is 12.1. The van der Waals surface area contributed by atoms with E-state index in [1.165, 1.54) is 0 Å². The maximum Gasteiger partial charge on any atom is 0.318 e. The zero-order valence-corrected chi connectivity index (χ0v) is 12.0. The molecule has 0 fully saturated rings. The molecule has 5 nitrogen and oxygen atoms in total. The van der Waals surface area contributed by atoms with Crippen molar-refractivity contribution in [2.24, 2.45) is 5.92 Å². The van der Waals surface area contributed by atoms with Crippen molar-refractivity contribution in [3.8, 4) is 0 Å². The molecule has 0 aliphatic carbocycles. The Labute approximate surface area is 104 Å². The molecule has 0 aromatic heterocycles. The van der Waals surface area contributed by atoms with Crippen molar-refractivity contribution in [3.05, 3.63) is 0 Å². The molecule has 1 N–H and O–H groups in total. The van der Waals surface area contributed by atoms with E-state index in [1.54, 1.807) is 20.8 Å². The van der Waals surface area contributed by atoms with Gasteiger partial charge in [0.1, 0.15) is 6.54 Å². The predicted molar refractivity (Wildman–Crippen MR) is 67.3 cm³/mol. The molecular formula is C11H23NO4S. The van der Waals surface area contributed by atoms with Gasteiger partial charge in [-0.05, 0) is 33.1 Å². The highest BCUT2D eigenvalue weighted by atomic mass is 32.2. The largest absolute Gasteiger partial charge is 0.480 e. The smallest absolute Gasteiger partial charge is 0.318 e. The second kappa shape index (κ2) is 5.82. The van der Waals surface area contributed by atoms with Gasteiger partial charge in [0.15, 0.2) is 0 Å². The van der Waals surface area contributed by atoms with Gasteiger partial charge in [-0.3, -0.25) is 4.79 Å². The highest BCUT2D eigenvalue weighted by Crippen LogP contribution is 2.19. The molecule has 0 aliphatic heterocycles. The van der Waals surface area contributed by atoms with E-state index in [0.29, 0.717) is 6.42 Å². The lowest BCUT2D eigenvalue weighted by molar-refractivity contribution is -0.138. The van der Waals surface area contributed by atoms with E-state index in [9.17, 15) is 13.2 Å². The highest BCUT2D eigenvalue weighted by Gasteiger charge is 2.33. The molecule has 6 heteroatoms. The van der Waals surface area contributed by atoms with Crippen LogP contribution in [0.2, 0.25) is 0 Å². The van der Waals surface area contributed by atoms with Crippen LogP contribution in [-0.2, 0) is 14.8 Å². The molecule has 17 heavy (non-hydrogen) atoms. The van der Waals surface area contributed by atoms with Crippen LogP contribution in [0.1, 0.15) is 41.0 Å². The summed E-state index contributed by atoms with van der Waals surface area (Å²) in [5, 5.41) is 8.78. The molecule has 0 radical (unpaired) electrons. The second-order valence-electron chi connectivity index (χ2n) is 5.57. The standard InChI is InChI=1S/C11H23NO4S/c1-9(2)6-7-17(15,16)12(8-10(13)14)11(3,4)5/h9H,6-8H2,1-5H3,(H,13,14). The number of carboxylic acids is 1. The van der Waals surface area contributed by atoms with Crippen molar-refractivity contribution in [2.45, 2.75) is 46.6 Å². The number of rotatable bonds is 6. The van der Waals surface area contributed by atoms with E-state index >= 15 is 0 Å². The molecule has 0 unspecified atom stereocenters. The van der Waals surface area contributed by atoms with Crippen molar-refractivity contribution in [3.63, 3.8) is 0 Å². The molecule has 102 valence electrons. The third-order valence-electron chi connectivity index (χ3n) is 2.32. The van der Waals surface area contributed by atoms with Crippen LogP contribution in [0.25, 0.3) is 0 Å². The summed E-state index contributed by atoms with van der Waals surface area (Å²) in [7, 11) is -3.52. The van der Waals surface area contributed by atoms with E-state index in [-0.39, 0.29) is 11.7 Å². The molecule has 0 amide bonds. The molecule has 0 rings (SSSR count). The summed E-state index contributed by atoms with van der Waals surface area (Å²) in [6.45, 7) is 8.49. The maximum atomic E-state index is 12.1. The average Bonchev–Trinajstić information content (AvgIpc) is 2.09. The molecule has 0 saturated heterocycles. The molecule has 0 heterocycles. The molecule has 0 aliphatic rings. The van der Waals surface area contributed by atoms with Gasteiger partial charge in [0.2, 0.25) is 10.0 Å². The van der Waals surface area contributed by atoms with E-state index in [1.807, 2.05) is 13.8 Å². The Bertz CT molecular complexity index is 354. The van der Waals surface area contributed by atoms with Crippen LogP contribution in [0.4, 0.5) is 0 Å². The second-order valence-corrected chi connectivity index (χ2v) is 7.58. The summed E-state index contributed by atoms with van der Waals surface area (Å²) in [6.07, 6.45) is 0.536. The van der Waals surface area contributed by atoms with E-state index < -0.39 is 28.1 Å². The first-order valence-corrected chi connectivity index (χ1v) is 7.30. The minimum Gasteiger partial charge on any atom is -0.480 e. The molecule has 0 bridgehead atoms. The van der Waals surface area contributed by atoms with Gasteiger partial charge in [-0.1, -0.05) is 13.8 Å². The molecule has 0 spiro atoms. The van der Waals surface area contributed by atoms with E-state index in [4.69, 9.17) is 5.11 Å². The number of hydrogen-bond donors (Lipinski definition) is 1. The monoisotopic (exact) mass is 265 g/mol. The summed E-state index contributed by atoms with van der Waals surface area (Å²) < 4.78 is 25.2. The fourth-order valence-electron chi connectivity index (χ4n) is 1.37. The Morgan fingerprint density at radius 3 is 2.06 bits per heavy atom. The van der Waals surface area contributed by atoms with E-state index in [2.05, 4.69) is 0 Å². The molecule has 0 aromatic carbocycles. The first-order chi connectivity index (χ1) is 7.47. The Morgan fingerprint density at radius 2 is 1.76 bits per heavy atom. The third-order valence-corrected chi connectivity index (χ3v) is 4.42. The van der Waals surface area contributed by atoms with Gasteiger partial charge in [0.25, 0.3) is 0 Å². The lowest BCUT2D eigenvalue weighted by Crippen LogP contribution is -2.49. The number of carboxylic acid groups (broad SMARTS) is 1. The minimum atomic E-state index is -3.52. The summed E-state index contributed by atoms with van der Waals surface area (Å²) in [5.74, 6) is -0.862. The summed E-state index contributed by atoms with van der Waals surface area (Å²) in [4.78, 5) is 10.7. The van der Waals surface area contributed by atoms with E-state index in [0.717, 1.165) is 4.31 Å². The molecule has 0 aromatic rings. The zero-order valence-electron chi connectivity index (χ0n) is 11.2. The van der Waals surface area contributed by atoms with Crippen LogP contribution >= 0.6 is 0 Å². The SMILES string of the molecule is CC(C)CCS(=O)(=O)N(CC(=O)O)C(C)(C)C. The number of sulfonamides is 1. The van der Waals surface area contributed by atoms with Crippen molar-refractivity contribution in [1.29, 1.82) is 0 Å². The van der Waals surface area contributed by atoms with Crippen LogP contribution in [0.3, 0.4) is 0 Å². The van der Waals surface area contributed by atoms with Crippen LogP contribution in [0.15, 0.2) is 0 Å². The fourth-order valence-corrected chi connectivity index (χ4v) is 3.50. The van der Waals surface area contributed by atoms with Crippen LogP contribution in [0, 0.1) is 5.92 Å². The molecule has 0 atom stereocenters. The summed E-state index contributed by atoms with van der Waals surface area (Å²) in [6, 6.07) is 0. The Balaban J connectivity index is 4.97. The van der Waals surface area contributed by atoms with Crippen LogP contribution in [-0.4, -0.2) is 41.6 Å². The van der Waals surface area contributed by atoms with Crippen molar-refractivity contribution in [1.82, 2.24) is 4.31 Å². The lowest BCUT2D eigenvalue weighted by Gasteiger charge is -2.33. The van der Waals surface area contributed by atoms with Gasteiger partial charge < -0.3 is 5.11 Å². The number of carbonyl (C=O) groups is 1. The van der Waals surface area contributed by atoms with Gasteiger partial charge in [-0.15, -0.1) is 0 Å². The first kappa shape index (κ1) is 16.4. The number of hydrogen-bond acceptors (Lipinski definition) is 3. The average molecular weight is 265 g/mol. The highest BCUT2D eigenvalue weighted by molar-refractivity contribution is 7.89. The first-order valence-electron chi connectivity index (χ1n) is 5.69. The van der Waals surface area contributed by atoms with Gasteiger partial charge in [-0.25, -0.2) is 8.42 Å². The quantitative estimate of drug-likeness (QED) is 0.790. The Morgan fingerprint density at radius 1 is 1.29 bits per heavy atom. The van der Waals surface area contributed by atoms with Crippen molar-refractivity contribution < 1.29 is 18.3 Å². The van der Waals surface area contributed by atoms with Crippen LogP contribution in [0.5, 0.6) is 0 Å². The summed E-state index contributed by atoms with van der Waals surface area (Å²) >= 11 is 0. The Hall–Kier alpha value is -0.620. The Kier molecular flexibility index (Phi) is 5.61. The lowest BCUT2D eigenvalue weighted by atomic mass is 10.1. The van der Waals surface area contributed by atoms with Crippen molar-refractivity contribution in [2.75, 3.05) is 12.3 Å². The fraction of sp³-hybridized carbons (Fsp3) is 0.909. The van der Waals surface area contributed by atoms with Gasteiger partial charge in [0, 0.05) is 5.54 Å². The molecule has 0 saturated carbocycles. The van der Waals surface area contributed by atoms with Crippen LogP contribution < -0.4 is 0 Å². The van der Waals surface area contributed by atoms with Gasteiger partial charge in [0.05, 0.1) is 5.75 Å². The van der Waals surface area contributed by atoms with Gasteiger partial charge in [-0.2, -0.15) is 4.31 Å². The van der Waals surface area contributed by atoms with Gasteiger partial charge >= 0.3 is 5.97 Å². The van der Waals surface area contributed by atoms with Crippen molar-refractivity contribution >= 4 is 16.0 Å². The normalized spacial score (nSPS) is 13.4. The number of nitrogens with zero attached hydrogens (tertiary/aromatic N) is 1. The summed E-state index contributed by atoms with van der Waals surface area (Å²) in [5.41, 5.74) is -0.714. The predicted octanol–water partition coefficient (Wildman–Crippen LogP) is 1.55.